The van der Waals surface area contributed by atoms with Gasteiger partial charge in [0.1, 0.15) is 12.5 Å². The van der Waals surface area contributed by atoms with Crippen LogP contribution in [0.2, 0.25) is 0 Å². The molecule has 0 bridgehead atoms. The van der Waals surface area contributed by atoms with Crippen LogP contribution in [-0.4, -0.2) is 97.4 Å². The van der Waals surface area contributed by atoms with E-state index in [1.54, 1.807) is 6.34 Å². The molecule has 190 valence electrons. The van der Waals surface area contributed by atoms with Gasteiger partial charge in [0, 0.05) is 69.1 Å². The lowest BCUT2D eigenvalue weighted by Gasteiger charge is -2.37. The van der Waals surface area contributed by atoms with Crippen LogP contribution in [0.1, 0.15) is 51.9 Å². The molecule has 6 rings (SSSR count). The molecular formula is C26H40N8O. The lowest BCUT2D eigenvalue weighted by Crippen LogP contribution is -2.50. The van der Waals surface area contributed by atoms with E-state index in [0.717, 1.165) is 77.2 Å². The Morgan fingerprint density at radius 3 is 2.69 bits per heavy atom. The maximum absolute atomic E-state index is 12.3. The molecule has 9 heteroatoms. The van der Waals surface area contributed by atoms with Crippen LogP contribution in [0.15, 0.2) is 20.0 Å². The fourth-order valence-corrected chi connectivity index (χ4v) is 6.65. The standard InChI is InChI=1S/C26H40N8O/c1-17-14-27-16-29-24(17)20-4-5-21-22(13-20)31-26(30-21)32-23-12-18(6-7-28-23)15-33-8-10-34(11-9-33)25(35)19-2-3-19/h7,14,16-24H,2-6,8-13,15H2,1H3,(H2,30,31,32). The monoisotopic (exact) mass is 480 g/mol. The number of rotatable bonds is 5. The number of nitrogens with one attached hydrogen (secondary N) is 2. The molecule has 4 fully saturated rings. The lowest BCUT2D eigenvalue weighted by molar-refractivity contribution is -0.134. The average Bonchev–Trinajstić information content (AvgIpc) is 3.64. The Morgan fingerprint density at radius 1 is 1.06 bits per heavy atom. The average molecular weight is 481 g/mol. The van der Waals surface area contributed by atoms with E-state index in [1.807, 2.05) is 6.21 Å². The summed E-state index contributed by atoms with van der Waals surface area (Å²) >= 11 is 0. The molecule has 7 atom stereocenters. The maximum Gasteiger partial charge on any atom is 0.225 e. The zero-order valence-corrected chi connectivity index (χ0v) is 20.9. The summed E-state index contributed by atoms with van der Waals surface area (Å²) in [4.78, 5) is 35.6. The molecule has 0 radical (unpaired) electrons. The van der Waals surface area contributed by atoms with Gasteiger partial charge in [-0.25, -0.2) is 9.98 Å². The number of piperazine rings is 1. The lowest BCUT2D eigenvalue weighted by atomic mass is 9.76. The van der Waals surface area contributed by atoms with Gasteiger partial charge in [0.05, 0.1) is 6.04 Å². The quantitative estimate of drug-likeness (QED) is 0.624. The van der Waals surface area contributed by atoms with Gasteiger partial charge in [-0.05, 0) is 56.8 Å². The highest BCUT2D eigenvalue weighted by Gasteiger charge is 2.40. The van der Waals surface area contributed by atoms with Gasteiger partial charge in [0.25, 0.3) is 0 Å². The Kier molecular flexibility index (Phi) is 6.60. The predicted octanol–water partition coefficient (Wildman–Crippen LogP) is 1.55. The van der Waals surface area contributed by atoms with E-state index in [2.05, 4.69) is 38.6 Å². The number of hydrogen-bond acceptors (Lipinski definition) is 6. The number of aliphatic imine (C=N–C) groups is 4. The van der Waals surface area contributed by atoms with Gasteiger partial charge in [-0.3, -0.25) is 19.7 Å². The Bertz CT molecular complexity index is 903. The number of carbonyl (C=O) groups excluding carboxylic acids is 1. The van der Waals surface area contributed by atoms with Gasteiger partial charge in [-0.2, -0.15) is 0 Å². The Morgan fingerprint density at radius 2 is 1.89 bits per heavy atom. The normalized spacial score (nSPS) is 40.4. The molecule has 2 saturated carbocycles. The van der Waals surface area contributed by atoms with E-state index in [9.17, 15) is 4.79 Å². The van der Waals surface area contributed by atoms with Crippen LogP contribution in [0.5, 0.6) is 0 Å². The molecule has 35 heavy (non-hydrogen) atoms. The fourth-order valence-electron chi connectivity index (χ4n) is 6.65. The molecule has 2 saturated heterocycles. The Hall–Kier alpha value is -2.29. The second-order valence-electron chi connectivity index (χ2n) is 11.5. The number of fused-ring (bicyclic) bond motifs is 1. The fraction of sp³-hybridized carbons (Fsp3) is 0.808. The van der Waals surface area contributed by atoms with Crippen molar-refractivity contribution >= 4 is 30.6 Å². The third-order valence-corrected chi connectivity index (χ3v) is 8.85. The minimum atomic E-state index is -0.00314. The maximum atomic E-state index is 12.3. The molecule has 2 N–H and O–H groups in total. The van der Waals surface area contributed by atoms with Crippen molar-refractivity contribution in [2.24, 2.45) is 43.6 Å². The van der Waals surface area contributed by atoms with Crippen LogP contribution < -0.4 is 10.6 Å². The molecule has 4 aliphatic heterocycles. The first-order valence-electron chi connectivity index (χ1n) is 13.8. The highest BCUT2D eigenvalue weighted by molar-refractivity contribution is 5.83. The summed E-state index contributed by atoms with van der Waals surface area (Å²) in [6.07, 6.45) is 13.6. The molecule has 7 unspecified atom stereocenters. The first kappa shape index (κ1) is 23.1. The highest BCUT2D eigenvalue weighted by atomic mass is 16.2. The molecule has 2 aliphatic carbocycles. The van der Waals surface area contributed by atoms with Crippen LogP contribution in [0.25, 0.3) is 0 Å². The van der Waals surface area contributed by atoms with Crippen molar-refractivity contribution in [1.29, 1.82) is 0 Å². The Balaban J connectivity index is 0.983. The van der Waals surface area contributed by atoms with Crippen molar-refractivity contribution in [2.45, 2.75) is 76.2 Å². The Labute approximate surface area is 208 Å². The minimum absolute atomic E-state index is 0.00314. The number of guanidine groups is 1. The van der Waals surface area contributed by atoms with Gasteiger partial charge in [-0.15, -0.1) is 0 Å². The summed E-state index contributed by atoms with van der Waals surface area (Å²) in [5, 5.41) is 7.33. The van der Waals surface area contributed by atoms with E-state index in [-0.39, 0.29) is 6.17 Å². The van der Waals surface area contributed by atoms with Crippen molar-refractivity contribution in [3.8, 4) is 0 Å². The molecule has 0 aromatic carbocycles. The van der Waals surface area contributed by atoms with Gasteiger partial charge < -0.3 is 15.5 Å². The van der Waals surface area contributed by atoms with E-state index in [1.165, 1.54) is 6.42 Å². The molecule has 1 amide bonds. The number of amides is 1. The number of carbonyl (C=O) groups is 1. The van der Waals surface area contributed by atoms with Gasteiger partial charge in [0.2, 0.25) is 5.91 Å². The van der Waals surface area contributed by atoms with E-state index in [4.69, 9.17) is 15.0 Å². The zero-order chi connectivity index (χ0) is 23.8. The van der Waals surface area contributed by atoms with E-state index < -0.39 is 0 Å². The van der Waals surface area contributed by atoms with E-state index in [0.29, 0.717) is 47.7 Å². The number of nitrogens with zero attached hydrogens (tertiary/aromatic N) is 6. The summed E-state index contributed by atoms with van der Waals surface area (Å²) in [6, 6.07) is 1.24. The second kappa shape index (κ2) is 9.99. The highest BCUT2D eigenvalue weighted by Crippen LogP contribution is 2.34. The van der Waals surface area contributed by atoms with Gasteiger partial charge in [0.15, 0.2) is 5.96 Å². The van der Waals surface area contributed by atoms with Crippen LogP contribution in [0.4, 0.5) is 0 Å². The largest absolute Gasteiger partial charge is 0.352 e. The van der Waals surface area contributed by atoms with Crippen molar-refractivity contribution in [1.82, 2.24) is 20.4 Å². The molecule has 9 nitrogen and oxygen atoms in total. The van der Waals surface area contributed by atoms with Crippen LogP contribution in [0.3, 0.4) is 0 Å². The van der Waals surface area contributed by atoms with Crippen LogP contribution in [0, 0.1) is 23.7 Å². The first-order chi connectivity index (χ1) is 17.1. The summed E-state index contributed by atoms with van der Waals surface area (Å²) in [5.74, 6) is 3.25. The topological polar surface area (TPSA) is 97.0 Å². The third kappa shape index (κ3) is 5.29. The van der Waals surface area contributed by atoms with Crippen molar-refractivity contribution in [3.05, 3.63) is 0 Å². The summed E-state index contributed by atoms with van der Waals surface area (Å²) in [7, 11) is 0. The van der Waals surface area contributed by atoms with Gasteiger partial charge in [-0.1, -0.05) is 6.92 Å². The first-order valence-corrected chi connectivity index (χ1v) is 13.8. The van der Waals surface area contributed by atoms with Crippen LogP contribution in [-0.2, 0) is 4.79 Å². The molecule has 6 aliphatic rings. The van der Waals surface area contributed by atoms with E-state index >= 15 is 0 Å². The summed E-state index contributed by atoms with van der Waals surface area (Å²) < 4.78 is 0. The molecule has 0 spiro atoms. The van der Waals surface area contributed by atoms with Crippen molar-refractivity contribution in [2.75, 3.05) is 32.7 Å². The number of hydrogen-bond donors (Lipinski definition) is 2. The smallest absolute Gasteiger partial charge is 0.225 e. The minimum Gasteiger partial charge on any atom is -0.352 e. The van der Waals surface area contributed by atoms with Crippen molar-refractivity contribution < 1.29 is 4.79 Å². The molecule has 0 aromatic heterocycles. The van der Waals surface area contributed by atoms with Crippen LogP contribution >= 0.6 is 0 Å². The van der Waals surface area contributed by atoms with Gasteiger partial charge >= 0.3 is 0 Å². The molecule has 4 heterocycles. The van der Waals surface area contributed by atoms with Crippen molar-refractivity contribution in [3.63, 3.8) is 0 Å². The summed E-state index contributed by atoms with van der Waals surface area (Å²) in [6.45, 7) is 7.07. The predicted molar refractivity (Wildman–Crippen MR) is 139 cm³/mol. The summed E-state index contributed by atoms with van der Waals surface area (Å²) in [5.41, 5.74) is 0. The SMILES string of the molecule is CC1C=NC=NC1C1CCC2NC(=NC3CC(CN4CCN(C(=O)C5CC5)CC4)CC=N3)NC2C1. The molecular weight excluding hydrogens is 440 g/mol. The molecule has 0 aromatic rings. The third-order valence-electron chi connectivity index (χ3n) is 8.85. The second-order valence-corrected chi connectivity index (χ2v) is 11.5. The zero-order valence-electron chi connectivity index (χ0n) is 20.9.